The second kappa shape index (κ2) is 9.61. The summed E-state index contributed by atoms with van der Waals surface area (Å²) in [5.41, 5.74) is 4.43. The van der Waals surface area contributed by atoms with Crippen LogP contribution in [0.25, 0.3) is 0 Å². The fraction of sp³-hybridized carbons (Fsp3) is 0.474. The van der Waals surface area contributed by atoms with Crippen molar-refractivity contribution in [3.8, 4) is 0 Å². The summed E-state index contributed by atoms with van der Waals surface area (Å²) in [7, 11) is 0. The number of rotatable bonds is 8. The predicted octanol–water partition coefficient (Wildman–Crippen LogP) is 6.29. The number of unbranched alkanes of at least 4 members (excludes halogenated alkanes) is 2. The molecule has 0 radical (unpaired) electrons. The minimum absolute atomic E-state index is 1.10. The lowest BCUT2D eigenvalue weighted by Crippen LogP contribution is -1.89. The molecule has 0 aromatic rings. The van der Waals surface area contributed by atoms with E-state index in [1.165, 1.54) is 42.4 Å². The summed E-state index contributed by atoms with van der Waals surface area (Å²) >= 11 is 0. The first-order valence-electron chi connectivity index (χ1n) is 7.70. The van der Waals surface area contributed by atoms with Crippen molar-refractivity contribution < 1.29 is 0 Å². The molecule has 0 amide bonds. The maximum atomic E-state index is 2.34. The van der Waals surface area contributed by atoms with Crippen LogP contribution in [0.4, 0.5) is 0 Å². The molecule has 0 spiro atoms. The van der Waals surface area contributed by atoms with Crippen LogP contribution in [-0.2, 0) is 0 Å². The lowest BCUT2D eigenvalue weighted by molar-refractivity contribution is 0.714. The molecule has 0 aromatic heterocycles. The van der Waals surface area contributed by atoms with E-state index in [0.717, 1.165) is 12.8 Å². The van der Waals surface area contributed by atoms with Gasteiger partial charge >= 0.3 is 0 Å². The maximum absolute atomic E-state index is 2.34. The molecule has 1 rings (SSSR count). The summed E-state index contributed by atoms with van der Waals surface area (Å²) < 4.78 is 0. The smallest absolute Gasteiger partial charge is 0.00916 e. The molecule has 0 saturated carbocycles. The third kappa shape index (κ3) is 5.92. The molecule has 0 N–H and O–H groups in total. The van der Waals surface area contributed by atoms with Crippen molar-refractivity contribution in [2.75, 3.05) is 0 Å². The van der Waals surface area contributed by atoms with E-state index in [-0.39, 0.29) is 0 Å². The summed E-state index contributed by atoms with van der Waals surface area (Å²) in [6.07, 6.45) is 23.0. The first-order chi connectivity index (χ1) is 9.31. The molecule has 0 atom stereocenters. The minimum Gasteiger partial charge on any atom is -0.0874 e. The Morgan fingerprint density at radius 1 is 1.21 bits per heavy atom. The Bertz CT molecular complexity index is 400. The molecule has 19 heavy (non-hydrogen) atoms. The summed E-state index contributed by atoms with van der Waals surface area (Å²) in [6.45, 7) is 6.56. The van der Waals surface area contributed by atoms with E-state index in [0.29, 0.717) is 0 Å². The van der Waals surface area contributed by atoms with Crippen LogP contribution >= 0.6 is 0 Å². The van der Waals surface area contributed by atoms with Gasteiger partial charge in [-0.2, -0.15) is 0 Å². The van der Waals surface area contributed by atoms with Crippen molar-refractivity contribution in [2.45, 2.75) is 59.3 Å². The van der Waals surface area contributed by atoms with Crippen molar-refractivity contribution in [1.82, 2.24) is 0 Å². The standard InChI is InChI=1S/C19H28/c1-4-7-8-12-19(18-13-9-10-14-18)16-15-17(6-3)11-5-2/h5,9-11,13,15-16H,4,6-8,12,14H2,1-3H3/b11-5+,17-15-,19-16+. The minimum atomic E-state index is 1.10. The van der Waals surface area contributed by atoms with Gasteiger partial charge in [-0.25, -0.2) is 0 Å². The molecule has 0 saturated heterocycles. The van der Waals surface area contributed by atoms with Crippen molar-refractivity contribution >= 4 is 0 Å². The maximum Gasteiger partial charge on any atom is -0.00916 e. The molecule has 0 heterocycles. The van der Waals surface area contributed by atoms with E-state index in [1.54, 1.807) is 0 Å². The van der Waals surface area contributed by atoms with Crippen LogP contribution in [0.3, 0.4) is 0 Å². The topological polar surface area (TPSA) is 0 Å². The van der Waals surface area contributed by atoms with Gasteiger partial charge < -0.3 is 0 Å². The zero-order chi connectivity index (χ0) is 13.9. The highest BCUT2D eigenvalue weighted by atomic mass is 14.1. The number of allylic oxidation sites excluding steroid dienone is 10. The Morgan fingerprint density at radius 3 is 2.63 bits per heavy atom. The molecule has 0 aliphatic heterocycles. The van der Waals surface area contributed by atoms with Gasteiger partial charge in [0, 0.05) is 0 Å². The normalized spacial score (nSPS) is 16.5. The number of hydrogen-bond acceptors (Lipinski definition) is 0. The van der Waals surface area contributed by atoms with E-state index in [2.05, 4.69) is 63.3 Å². The van der Waals surface area contributed by atoms with E-state index >= 15 is 0 Å². The van der Waals surface area contributed by atoms with E-state index < -0.39 is 0 Å². The quantitative estimate of drug-likeness (QED) is 0.353. The Kier molecular flexibility index (Phi) is 7.97. The van der Waals surface area contributed by atoms with E-state index in [9.17, 15) is 0 Å². The predicted molar refractivity (Wildman–Crippen MR) is 87.3 cm³/mol. The lowest BCUT2D eigenvalue weighted by Gasteiger charge is -2.08. The molecule has 1 aliphatic rings. The largest absolute Gasteiger partial charge is 0.0874 e. The monoisotopic (exact) mass is 256 g/mol. The Morgan fingerprint density at radius 2 is 2.05 bits per heavy atom. The van der Waals surface area contributed by atoms with E-state index in [4.69, 9.17) is 0 Å². The van der Waals surface area contributed by atoms with Crippen molar-refractivity contribution in [1.29, 1.82) is 0 Å². The average molecular weight is 256 g/mol. The van der Waals surface area contributed by atoms with E-state index in [1.807, 2.05) is 0 Å². The zero-order valence-electron chi connectivity index (χ0n) is 12.8. The molecule has 0 nitrogen and oxygen atoms in total. The highest BCUT2D eigenvalue weighted by Gasteiger charge is 2.05. The Labute approximate surface area is 119 Å². The van der Waals surface area contributed by atoms with Gasteiger partial charge in [0.05, 0.1) is 0 Å². The molecule has 104 valence electrons. The summed E-state index contributed by atoms with van der Waals surface area (Å²) in [5.74, 6) is 0. The van der Waals surface area contributed by atoms with Crippen molar-refractivity contribution in [2.24, 2.45) is 0 Å². The molecule has 1 aliphatic carbocycles. The second-order valence-corrected chi connectivity index (χ2v) is 5.07. The molecule has 0 bridgehead atoms. The lowest BCUT2D eigenvalue weighted by atomic mass is 9.97. The first-order valence-corrected chi connectivity index (χ1v) is 7.70. The highest BCUT2D eigenvalue weighted by Crippen LogP contribution is 2.25. The van der Waals surface area contributed by atoms with Gasteiger partial charge in [0.15, 0.2) is 0 Å². The molecular weight excluding hydrogens is 228 g/mol. The molecule has 0 aromatic carbocycles. The van der Waals surface area contributed by atoms with Crippen LogP contribution in [0.5, 0.6) is 0 Å². The molecule has 0 fully saturated rings. The second-order valence-electron chi connectivity index (χ2n) is 5.07. The first kappa shape index (κ1) is 15.8. The van der Waals surface area contributed by atoms with Crippen LogP contribution in [-0.4, -0.2) is 0 Å². The Balaban J connectivity index is 2.76. The van der Waals surface area contributed by atoms with Crippen LogP contribution in [0.15, 0.2) is 59.3 Å². The van der Waals surface area contributed by atoms with Gasteiger partial charge in [-0.15, -0.1) is 0 Å². The fourth-order valence-electron chi connectivity index (χ4n) is 2.31. The third-order valence-electron chi connectivity index (χ3n) is 3.52. The SMILES string of the molecule is C/C=C/C(=C\C=C(/CCCCC)C1=CC=CC1)CC. The van der Waals surface area contributed by atoms with Gasteiger partial charge in [-0.05, 0) is 49.3 Å². The van der Waals surface area contributed by atoms with Crippen molar-refractivity contribution in [3.05, 3.63) is 59.3 Å². The molecule has 0 unspecified atom stereocenters. The summed E-state index contributed by atoms with van der Waals surface area (Å²) in [4.78, 5) is 0. The third-order valence-corrected chi connectivity index (χ3v) is 3.52. The van der Waals surface area contributed by atoms with Crippen LogP contribution in [0.2, 0.25) is 0 Å². The Hall–Kier alpha value is -1.30. The summed E-state index contributed by atoms with van der Waals surface area (Å²) in [5, 5.41) is 0. The van der Waals surface area contributed by atoms with Gasteiger partial charge in [-0.3, -0.25) is 0 Å². The zero-order valence-corrected chi connectivity index (χ0v) is 12.8. The average Bonchev–Trinajstić information content (AvgIpc) is 2.95. The molecular formula is C19H28. The van der Waals surface area contributed by atoms with Crippen LogP contribution in [0.1, 0.15) is 59.3 Å². The highest BCUT2D eigenvalue weighted by molar-refractivity contribution is 5.42. The van der Waals surface area contributed by atoms with Gasteiger partial charge in [0.25, 0.3) is 0 Å². The fourth-order valence-corrected chi connectivity index (χ4v) is 2.31. The number of hydrogen-bond donors (Lipinski definition) is 0. The van der Waals surface area contributed by atoms with Gasteiger partial charge in [-0.1, -0.05) is 69.2 Å². The molecule has 0 heteroatoms. The summed E-state index contributed by atoms with van der Waals surface area (Å²) in [6, 6.07) is 0. The van der Waals surface area contributed by atoms with Gasteiger partial charge in [0.2, 0.25) is 0 Å². The van der Waals surface area contributed by atoms with Crippen LogP contribution in [0, 0.1) is 0 Å². The van der Waals surface area contributed by atoms with Crippen LogP contribution < -0.4 is 0 Å². The van der Waals surface area contributed by atoms with Gasteiger partial charge in [0.1, 0.15) is 0 Å². The van der Waals surface area contributed by atoms with Crippen molar-refractivity contribution in [3.63, 3.8) is 0 Å².